The van der Waals surface area contributed by atoms with Crippen LogP contribution in [0.5, 0.6) is 0 Å². The molecule has 1 atom stereocenters. The molecule has 1 aliphatic rings. The summed E-state index contributed by atoms with van der Waals surface area (Å²) in [5, 5.41) is 3.26. The Labute approximate surface area is 143 Å². The second-order valence-corrected chi connectivity index (χ2v) is 6.85. The van der Waals surface area contributed by atoms with Gasteiger partial charge in [-0.15, -0.1) is 0 Å². The van der Waals surface area contributed by atoms with Crippen LogP contribution in [-0.2, 0) is 4.79 Å². The summed E-state index contributed by atoms with van der Waals surface area (Å²) in [5.74, 6) is 0.0649. The van der Waals surface area contributed by atoms with Crippen LogP contribution in [0, 0.1) is 0 Å². The number of aromatic nitrogens is 1. The maximum Gasteiger partial charge on any atom is 0.240 e. The monoisotopic (exact) mass is 323 g/mol. The van der Waals surface area contributed by atoms with Gasteiger partial charge in [0, 0.05) is 12.4 Å². The Balaban J connectivity index is 1.85. The number of benzene rings is 1. The standard InChI is InChI=1S/C20H25N3O/c1-20(2,23-14-6-7-15-23)19(24)22-18(16-8-4-3-5-9-16)17-10-12-21-13-11-17/h3-5,8-13,18H,6-7,14-15H2,1-2H3,(H,22,24)/t18-/m0/s1. The maximum absolute atomic E-state index is 13.0. The number of carbonyl (C=O) groups is 1. The van der Waals surface area contributed by atoms with E-state index in [2.05, 4.69) is 15.2 Å². The zero-order chi connectivity index (χ0) is 17.0. The molecule has 0 aliphatic carbocycles. The van der Waals surface area contributed by atoms with E-state index in [1.807, 2.05) is 56.3 Å². The molecule has 0 radical (unpaired) electrons. The predicted molar refractivity (Wildman–Crippen MR) is 95.6 cm³/mol. The highest BCUT2D eigenvalue weighted by Gasteiger charge is 2.37. The summed E-state index contributed by atoms with van der Waals surface area (Å²) in [6.45, 7) is 6.02. The van der Waals surface area contributed by atoms with Crippen molar-refractivity contribution in [2.24, 2.45) is 0 Å². The van der Waals surface area contributed by atoms with Gasteiger partial charge in [0.2, 0.25) is 5.91 Å². The molecule has 2 aromatic rings. The summed E-state index contributed by atoms with van der Waals surface area (Å²) in [7, 11) is 0. The molecule has 2 heterocycles. The molecular formula is C20H25N3O. The summed E-state index contributed by atoms with van der Waals surface area (Å²) in [5.41, 5.74) is 1.62. The number of pyridine rings is 1. The average molecular weight is 323 g/mol. The number of hydrogen-bond acceptors (Lipinski definition) is 3. The van der Waals surface area contributed by atoms with Gasteiger partial charge in [0.05, 0.1) is 11.6 Å². The number of amides is 1. The molecule has 1 fully saturated rings. The van der Waals surface area contributed by atoms with E-state index in [1.165, 1.54) is 12.8 Å². The van der Waals surface area contributed by atoms with Crippen molar-refractivity contribution in [3.63, 3.8) is 0 Å². The van der Waals surface area contributed by atoms with E-state index < -0.39 is 5.54 Å². The van der Waals surface area contributed by atoms with E-state index in [-0.39, 0.29) is 11.9 Å². The molecule has 1 amide bonds. The van der Waals surface area contributed by atoms with Gasteiger partial charge in [-0.25, -0.2) is 0 Å². The van der Waals surface area contributed by atoms with Gasteiger partial charge < -0.3 is 5.32 Å². The molecule has 126 valence electrons. The fraction of sp³-hybridized carbons (Fsp3) is 0.400. The lowest BCUT2D eigenvalue weighted by Gasteiger charge is -2.35. The number of likely N-dealkylation sites (tertiary alicyclic amines) is 1. The third-order valence-electron chi connectivity index (χ3n) is 4.90. The second-order valence-electron chi connectivity index (χ2n) is 6.85. The van der Waals surface area contributed by atoms with Gasteiger partial charge in [0.1, 0.15) is 0 Å². The van der Waals surface area contributed by atoms with Crippen molar-refractivity contribution in [2.45, 2.75) is 38.3 Å². The van der Waals surface area contributed by atoms with Crippen LogP contribution >= 0.6 is 0 Å². The molecular weight excluding hydrogens is 298 g/mol. The van der Waals surface area contributed by atoms with E-state index in [0.29, 0.717) is 0 Å². The molecule has 0 bridgehead atoms. The normalized spacial score (nSPS) is 16.8. The van der Waals surface area contributed by atoms with Gasteiger partial charge in [-0.05, 0) is 63.0 Å². The lowest BCUT2D eigenvalue weighted by Crippen LogP contribution is -2.54. The van der Waals surface area contributed by atoms with Crippen LogP contribution < -0.4 is 5.32 Å². The Kier molecular flexibility index (Phi) is 4.95. The molecule has 0 spiro atoms. The largest absolute Gasteiger partial charge is 0.344 e. The summed E-state index contributed by atoms with van der Waals surface area (Å²) in [6.07, 6.45) is 5.87. The number of hydrogen-bond donors (Lipinski definition) is 1. The number of carbonyl (C=O) groups excluding carboxylic acids is 1. The Morgan fingerprint density at radius 1 is 1.04 bits per heavy atom. The highest BCUT2D eigenvalue weighted by molar-refractivity contribution is 5.86. The van der Waals surface area contributed by atoms with E-state index in [0.717, 1.165) is 24.2 Å². The third-order valence-corrected chi connectivity index (χ3v) is 4.90. The Morgan fingerprint density at radius 3 is 2.25 bits per heavy atom. The molecule has 1 aromatic heterocycles. The topological polar surface area (TPSA) is 45.2 Å². The van der Waals surface area contributed by atoms with Crippen molar-refractivity contribution >= 4 is 5.91 Å². The molecule has 24 heavy (non-hydrogen) atoms. The van der Waals surface area contributed by atoms with Crippen molar-refractivity contribution in [2.75, 3.05) is 13.1 Å². The zero-order valence-electron chi connectivity index (χ0n) is 14.4. The highest BCUT2D eigenvalue weighted by Crippen LogP contribution is 2.25. The first-order valence-corrected chi connectivity index (χ1v) is 8.60. The molecule has 0 saturated carbocycles. The average Bonchev–Trinajstić information content (AvgIpc) is 3.16. The maximum atomic E-state index is 13.0. The number of rotatable bonds is 5. The van der Waals surface area contributed by atoms with Crippen molar-refractivity contribution in [1.82, 2.24) is 15.2 Å². The zero-order valence-corrected chi connectivity index (χ0v) is 14.4. The second kappa shape index (κ2) is 7.14. The number of nitrogens with one attached hydrogen (secondary N) is 1. The minimum Gasteiger partial charge on any atom is -0.344 e. The smallest absolute Gasteiger partial charge is 0.240 e. The molecule has 0 unspecified atom stereocenters. The van der Waals surface area contributed by atoms with Crippen molar-refractivity contribution < 1.29 is 4.79 Å². The molecule has 4 nitrogen and oxygen atoms in total. The van der Waals surface area contributed by atoms with Crippen LogP contribution in [0.25, 0.3) is 0 Å². The molecule has 1 aromatic carbocycles. The lowest BCUT2D eigenvalue weighted by atomic mass is 9.96. The summed E-state index contributed by atoms with van der Waals surface area (Å²) in [6, 6.07) is 13.8. The van der Waals surface area contributed by atoms with E-state index in [4.69, 9.17) is 0 Å². The lowest BCUT2D eigenvalue weighted by molar-refractivity contribution is -0.131. The van der Waals surface area contributed by atoms with Crippen LogP contribution in [0.1, 0.15) is 43.9 Å². The van der Waals surface area contributed by atoms with E-state index >= 15 is 0 Å². The van der Waals surface area contributed by atoms with Crippen LogP contribution in [0.2, 0.25) is 0 Å². The third kappa shape index (κ3) is 3.49. The fourth-order valence-electron chi connectivity index (χ4n) is 3.29. The molecule has 1 N–H and O–H groups in total. The van der Waals surface area contributed by atoms with Gasteiger partial charge in [0.15, 0.2) is 0 Å². The Bertz CT molecular complexity index is 624. The highest BCUT2D eigenvalue weighted by atomic mass is 16.2. The quantitative estimate of drug-likeness (QED) is 0.919. The SMILES string of the molecule is CC(C)(C(=O)N[C@@H](c1ccccc1)c1ccncc1)N1CCCC1. The first-order chi connectivity index (χ1) is 11.6. The van der Waals surface area contributed by atoms with Gasteiger partial charge in [-0.1, -0.05) is 30.3 Å². The van der Waals surface area contributed by atoms with Crippen molar-refractivity contribution in [3.05, 3.63) is 66.0 Å². The fourth-order valence-corrected chi connectivity index (χ4v) is 3.29. The van der Waals surface area contributed by atoms with Gasteiger partial charge in [-0.2, -0.15) is 0 Å². The van der Waals surface area contributed by atoms with Crippen LogP contribution in [-0.4, -0.2) is 34.4 Å². The van der Waals surface area contributed by atoms with Gasteiger partial charge >= 0.3 is 0 Å². The molecule has 1 saturated heterocycles. The van der Waals surface area contributed by atoms with Gasteiger partial charge in [0.25, 0.3) is 0 Å². The minimum absolute atomic E-state index is 0.0649. The van der Waals surface area contributed by atoms with E-state index in [9.17, 15) is 4.79 Å². The van der Waals surface area contributed by atoms with Crippen LogP contribution in [0.4, 0.5) is 0 Å². The van der Waals surface area contributed by atoms with Gasteiger partial charge in [-0.3, -0.25) is 14.7 Å². The molecule has 4 heteroatoms. The van der Waals surface area contributed by atoms with Crippen molar-refractivity contribution in [1.29, 1.82) is 0 Å². The van der Waals surface area contributed by atoms with Crippen LogP contribution in [0.15, 0.2) is 54.9 Å². The first-order valence-electron chi connectivity index (χ1n) is 8.60. The Hall–Kier alpha value is -2.20. The molecule has 3 rings (SSSR count). The first kappa shape index (κ1) is 16.7. The minimum atomic E-state index is -0.503. The Morgan fingerprint density at radius 2 is 1.62 bits per heavy atom. The summed E-state index contributed by atoms with van der Waals surface area (Å²) < 4.78 is 0. The van der Waals surface area contributed by atoms with Crippen molar-refractivity contribution in [3.8, 4) is 0 Å². The summed E-state index contributed by atoms with van der Waals surface area (Å²) in [4.78, 5) is 19.4. The summed E-state index contributed by atoms with van der Waals surface area (Å²) >= 11 is 0. The van der Waals surface area contributed by atoms with Crippen LogP contribution in [0.3, 0.4) is 0 Å². The predicted octanol–water partition coefficient (Wildman–Crippen LogP) is 3.16. The molecule has 1 aliphatic heterocycles. The number of nitrogens with zero attached hydrogens (tertiary/aromatic N) is 2. The van der Waals surface area contributed by atoms with E-state index in [1.54, 1.807) is 12.4 Å².